The molecule has 1 atom stereocenters. The highest BCUT2D eigenvalue weighted by molar-refractivity contribution is 6.30. The zero-order valence-electron chi connectivity index (χ0n) is 10.4. The van der Waals surface area contributed by atoms with Crippen LogP contribution in [0.1, 0.15) is 25.3 Å². The number of rotatable bonds is 7. The maximum atomic E-state index is 9.41. The Bertz CT molecular complexity index is 344. The second-order valence-electron chi connectivity index (χ2n) is 3.98. The lowest BCUT2D eigenvalue weighted by Crippen LogP contribution is -2.20. The fourth-order valence-electron chi connectivity index (χ4n) is 1.58. The largest absolute Gasteiger partial charge is 0.496 e. The van der Waals surface area contributed by atoms with Gasteiger partial charge in [-0.25, -0.2) is 0 Å². The van der Waals surface area contributed by atoms with Crippen molar-refractivity contribution in [2.45, 2.75) is 32.4 Å². The Hall–Kier alpha value is -0.770. The lowest BCUT2D eigenvalue weighted by atomic mass is 10.2. The van der Waals surface area contributed by atoms with Crippen LogP contribution in [0.2, 0.25) is 5.02 Å². The number of benzene rings is 1. The predicted molar refractivity (Wildman–Crippen MR) is 70.6 cm³/mol. The van der Waals surface area contributed by atoms with Crippen molar-refractivity contribution in [3.63, 3.8) is 0 Å². The van der Waals surface area contributed by atoms with Crippen molar-refractivity contribution >= 4 is 11.6 Å². The summed E-state index contributed by atoms with van der Waals surface area (Å²) in [6.07, 6.45) is 1.34. The van der Waals surface area contributed by atoms with E-state index in [1.807, 2.05) is 25.1 Å². The van der Waals surface area contributed by atoms with Gasteiger partial charge in [0.15, 0.2) is 0 Å². The van der Waals surface area contributed by atoms with Gasteiger partial charge < -0.3 is 15.2 Å². The molecule has 96 valence electrons. The molecule has 0 bridgehead atoms. The number of halogens is 1. The van der Waals surface area contributed by atoms with Crippen molar-refractivity contribution in [2.75, 3.05) is 13.7 Å². The number of aliphatic hydroxyl groups is 1. The molecule has 0 aliphatic heterocycles. The van der Waals surface area contributed by atoms with Gasteiger partial charge in [-0.2, -0.15) is 0 Å². The van der Waals surface area contributed by atoms with E-state index < -0.39 is 0 Å². The molecule has 0 aliphatic rings. The van der Waals surface area contributed by atoms with Crippen molar-refractivity contribution in [2.24, 2.45) is 0 Å². The summed E-state index contributed by atoms with van der Waals surface area (Å²) in [5, 5.41) is 13.4. The molecule has 0 aliphatic carbocycles. The van der Waals surface area contributed by atoms with E-state index in [0.717, 1.165) is 30.7 Å². The molecule has 17 heavy (non-hydrogen) atoms. The molecule has 1 aromatic carbocycles. The van der Waals surface area contributed by atoms with Crippen molar-refractivity contribution < 1.29 is 9.84 Å². The van der Waals surface area contributed by atoms with Gasteiger partial charge in [-0.05, 0) is 37.6 Å². The molecule has 1 unspecified atom stereocenters. The Morgan fingerprint density at radius 2 is 2.24 bits per heavy atom. The molecule has 1 rings (SSSR count). The van der Waals surface area contributed by atoms with Gasteiger partial charge in [0.25, 0.3) is 0 Å². The fourth-order valence-corrected chi connectivity index (χ4v) is 1.78. The van der Waals surface area contributed by atoms with E-state index in [2.05, 4.69) is 5.32 Å². The second kappa shape index (κ2) is 7.54. The van der Waals surface area contributed by atoms with Crippen molar-refractivity contribution in [1.82, 2.24) is 5.32 Å². The zero-order chi connectivity index (χ0) is 12.7. The minimum Gasteiger partial charge on any atom is -0.496 e. The average molecular weight is 258 g/mol. The summed E-state index contributed by atoms with van der Waals surface area (Å²) in [5.41, 5.74) is 1.03. The lowest BCUT2D eigenvalue weighted by Gasteiger charge is -2.11. The summed E-state index contributed by atoms with van der Waals surface area (Å²) in [6, 6.07) is 5.56. The maximum absolute atomic E-state index is 9.41. The Morgan fingerprint density at radius 1 is 1.47 bits per heavy atom. The van der Waals surface area contributed by atoms with Crippen molar-refractivity contribution in [1.29, 1.82) is 0 Å². The summed E-state index contributed by atoms with van der Waals surface area (Å²) in [5.74, 6) is 0.831. The Morgan fingerprint density at radius 3 is 2.88 bits per heavy atom. The van der Waals surface area contributed by atoms with Crippen LogP contribution in [0.5, 0.6) is 5.75 Å². The van der Waals surface area contributed by atoms with E-state index in [1.54, 1.807) is 7.11 Å². The molecule has 4 heteroatoms. The summed E-state index contributed by atoms with van der Waals surface area (Å²) in [7, 11) is 1.65. The highest BCUT2D eigenvalue weighted by atomic mass is 35.5. The number of hydrogen-bond acceptors (Lipinski definition) is 3. The van der Waals surface area contributed by atoms with E-state index in [9.17, 15) is 5.11 Å². The first-order valence-electron chi connectivity index (χ1n) is 5.88. The molecule has 0 saturated carbocycles. The number of ether oxygens (including phenoxy) is 1. The van der Waals surface area contributed by atoms with Gasteiger partial charge in [-0.3, -0.25) is 0 Å². The van der Waals surface area contributed by atoms with Gasteiger partial charge in [-0.1, -0.05) is 18.5 Å². The van der Waals surface area contributed by atoms with Crippen LogP contribution in [0.15, 0.2) is 18.2 Å². The molecule has 2 N–H and O–H groups in total. The van der Waals surface area contributed by atoms with Gasteiger partial charge in [0.05, 0.1) is 13.2 Å². The molecule has 0 amide bonds. The summed E-state index contributed by atoms with van der Waals surface area (Å²) >= 11 is 5.94. The highest BCUT2D eigenvalue weighted by Crippen LogP contribution is 2.22. The molecule has 0 aromatic heterocycles. The molecule has 3 nitrogen and oxygen atoms in total. The minimum atomic E-state index is -0.219. The highest BCUT2D eigenvalue weighted by Gasteiger charge is 2.04. The van der Waals surface area contributed by atoms with Crippen LogP contribution in [0.3, 0.4) is 0 Å². The average Bonchev–Trinajstić information content (AvgIpc) is 2.34. The predicted octanol–water partition coefficient (Wildman–Crippen LogP) is 2.60. The van der Waals surface area contributed by atoms with Crippen LogP contribution in [0, 0.1) is 0 Å². The Balaban J connectivity index is 2.42. The molecule has 0 saturated heterocycles. The normalized spacial score (nSPS) is 12.5. The van der Waals surface area contributed by atoms with Crippen LogP contribution in [-0.4, -0.2) is 24.9 Å². The molecule has 0 radical (unpaired) electrons. The summed E-state index contributed by atoms with van der Waals surface area (Å²) in [4.78, 5) is 0. The van der Waals surface area contributed by atoms with E-state index in [0.29, 0.717) is 11.6 Å². The Labute approximate surface area is 108 Å². The third-order valence-corrected chi connectivity index (χ3v) is 2.92. The Kier molecular flexibility index (Phi) is 6.34. The molecular weight excluding hydrogens is 238 g/mol. The molecule has 0 heterocycles. The van der Waals surface area contributed by atoms with E-state index >= 15 is 0 Å². The summed E-state index contributed by atoms with van der Waals surface area (Å²) in [6.45, 7) is 3.45. The first-order chi connectivity index (χ1) is 8.17. The second-order valence-corrected chi connectivity index (χ2v) is 4.42. The number of methoxy groups -OCH3 is 1. The third-order valence-electron chi connectivity index (χ3n) is 2.68. The monoisotopic (exact) mass is 257 g/mol. The quantitative estimate of drug-likeness (QED) is 0.738. The van der Waals surface area contributed by atoms with E-state index in [1.165, 1.54) is 0 Å². The maximum Gasteiger partial charge on any atom is 0.123 e. The fraction of sp³-hybridized carbons (Fsp3) is 0.538. The van der Waals surface area contributed by atoms with Crippen molar-refractivity contribution in [3.8, 4) is 5.75 Å². The standard InChI is InChI=1S/C13H20ClNO2/c1-3-12(16)6-7-15-9-10-8-11(14)4-5-13(10)17-2/h4-5,8,12,15-16H,3,6-7,9H2,1-2H3. The van der Waals surface area contributed by atoms with Crippen LogP contribution in [0.25, 0.3) is 0 Å². The topological polar surface area (TPSA) is 41.5 Å². The SMILES string of the molecule is CCC(O)CCNCc1cc(Cl)ccc1OC. The van der Waals surface area contributed by atoms with Gasteiger partial charge in [0.2, 0.25) is 0 Å². The minimum absolute atomic E-state index is 0.219. The molecule has 0 fully saturated rings. The summed E-state index contributed by atoms with van der Waals surface area (Å²) < 4.78 is 5.25. The van der Waals surface area contributed by atoms with Gasteiger partial charge in [0.1, 0.15) is 5.75 Å². The molecular formula is C13H20ClNO2. The zero-order valence-corrected chi connectivity index (χ0v) is 11.1. The van der Waals surface area contributed by atoms with Crippen molar-refractivity contribution in [3.05, 3.63) is 28.8 Å². The number of nitrogens with one attached hydrogen (secondary N) is 1. The first-order valence-corrected chi connectivity index (χ1v) is 6.26. The van der Waals surface area contributed by atoms with Gasteiger partial charge in [-0.15, -0.1) is 0 Å². The van der Waals surface area contributed by atoms with Gasteiger partial charge >= 0.3 is 0 Å². The smallest absolute Gasteiger partial charge is 0.123 e. The third kappa shape index (κ3) is 4.94. The van der Waals surface area contributed by atoms with E-state index in [4.69, 9.17) is 16.3 Å². The van der Waals surface area contributed by atoms with E-state index in [-0.39, 0.29) is 6.10 Å². The van der Waals surface area contributed by atoms with Crippen LogP contribution < -0.4 is 10.1 Å². The van der Waals surface area contributed by atoms with Crippen LogP contribution in [0.4, 0.5) is 0 Å². The number of hydrogen-bond donors (Lipinski definition) is 2. The van der Waals surface area contributed by atoms with Crippen LogP contribution in [-0.2, 0) is 6.54 Å². The first kappa shape index (κ1) is 14.3. The molecule has 0 spiro atoms. The molecule has 1 aromatic rings. The number of aliphatic hydroxyl groups excluding tert-OH is 1. The van der Waals surface area contributed by atoms with Gasteiger partial charge in [0, 0.05) is 17.1 Å². The van der Waals surface area contributed by atoms with Crippen LogP contribution >= 0.6 is 11.6 Å². The lowest BCUT2D eigenvalue weighted by molar-refractivity contribution is 0.159.